The molecule has 2 rings (SSSR count). The summed E-state index contributed by atoms with van der Waals surface area (Å²) < 4.78 is 1.08. The van der Waals surface area contributed by atoms with Crippen LogP contribution in [0, 0.1) is 0 Å². The summed E-state index contributed by atoms with van der Waals surface area (Å²) in [6, 6.07) is 12.3. The van der Waals surface area contributed by atoms with Crippen molar-refractivity contribution in [2.24, 2.45) is 10.8 Å². The molecule has 100 valence electrons. The van der Waals surface area contributed by atoms with Gasteiger partial charge >= 0.3 is 0 Å². The van der Waals surface area contributed by atoms with E-state index in [2.05, 4.69) is 62.9 Å². The van der Waals surface area contributed by atoms with Gasteiger partial charge in [0.2, 0.25) is 5.96 Å². The van der Waals surface area contributed by atoms with E-state index in [1.807, 2.05) is 12.1 Å². The molecule has 0 aliphatic rings. The lowest BCUT2D eigenvalue weighted by atomic mass is 10.1. The summed E-state index contributed by atoms with van der Waals surface area (Å²) >= 11 is 3.47. The van der Waals surface area contributed by atoms with Crippen LogP contribution in [-0.4, -0.2) is 12.5 Å². The molecule has 0 unspecified atom stereocenters. The first kappa shape index (κ1) is 13.8. The number of guanidine groups is 1. The molecule has 4 nitrogen and oxygen atoms in total. The minimum Gasteiger partial charge on any atom is -0.325 e. The fraction of sp³-hybridized carbons (Fsp3) is 0.214. The van der Waals surface area contributed by atoms with Crippen LogP contribution in [0.4, 0.5) is 5.69 Å². The fourth-order valence-electron chi connectivity index (χ4n) is 1.78. The number of hydrogen-bond acceptors (Lipinski definition) is 2. The van der Waals surface area contributed by atoms with E-state index in [1.54, 1.807) is 0 Å². The number of anilines is 1. The Balaban J connectivity index is 2.23. The van der Waals surface area contributed by atoms with Gasteiger partial charge in [0, 0.05) is 16.7 Å². The highest BCUT2D eigenvalue weighted by atomic mass is 79.9. The highest BCUT2D eigenvalue weighted by Crippen LogP contribution is 2.22. The van der Waals surface area contributed by atoms with E-state index in [4.69, 9.17) is 5.84 Å². The summed E-state index contributed by atoms with van der Waals surface area (Å²) in [5.41, 5.74) is 3.53. The minimum atomic E-state index is 0.582. The number of fused-ring (bicyclic) bond motifs is 1. The largest absolute Gasteiger partial charge is 0.325 e. The first-order valence-electron chi connectivity index (χ1n) is 6.20. The van der Waals surface area contributed by atoms with Crippen molar-refractivity contribution in [2.45, 2.75) is 13.3 Å². The van der Waals surface area contributed by atoms with E-state index in [9.17, 15) is 0 Å². The summed E-state index contributed by atoms with van der Waals surface area (Å²) in [6.45, 7) is 2.82. The van der Waals surface area contributed by atoms with Gasteiger partial charge in [-0.05, 0) is 41.5 Å². The van der Waals surface area contributed by atoms with Crippen LogP contribution in [0.25, 0.3) is 10.8 Å². The normalized spacial score (nSPS) is 11.6. The molecular weight excluding hydrogens is 304 g/mol. The van der Waals surface area contributed by atoms with E-state index < -0.39 is 0 Å². The second-order valence-electron chi connectivity index (χ2n) is 4.21. The lowest BCUT2D eigenvalue weighted by molar-refractivity contribution is 0.905. The zero-order valence-corrected chi connectivity index (χ0v) is 12.4. The minimum absolute atomic E-state index is 0.582. The molecule has 19 heavy (non-hydrogen) atoms. The molecular formula is C14H17BrN4. The lowest BCUT2D eigenvalue weighted by Crippen LogP contribution is -2.36. The second kappa shape index (κ2) is 6.54. The molecule has 5 heteroatoms. The Morgan fingerprint density at radius 3 is 2.68 bits per heavy atom. The lowest BCUT2D eigenvalue weighted by Gasteiger charge is -2.10. The molecule has 0 bridgehead atoms. The molecule has 0 spiro atoms. The van der Waals surface area contributed by atoms with Crippen LogP contribution >= 0.6 is 15.9 Å². The molecule has 0 aliphatic heterocycles. The second-order valence-corrected chi connectivity index (χ2v) is 5.12. The van der Waals surface area contributed by atoms with E-state index in [1.165, 1.54) is 10.8 Å². The number of halogens is 1. The van der Waals surface area contributed by atoms with Crippen molar-refractivity contribution in [2.75, 3.05) is 11.9 Å². The molecule has 0 fully saturated rings. The fourth-order valence-corrected chi connectivity index (χ4v) is 2.15. The van der Waals surface area contributed by atoms with Crippen LogP contribution in [-0.2, 0) is 0 Å². The van der Waals surface area contributed by atoms with Crippen molar-refractivity contribution < 1.29 is 0 Å². The molecule has 0 atom stereocenters. The number of hydrazine groups is 1. The van der Waals surface area contributed by atoms with E-state index in [-0.39, 0.29) is 0 Å². The summed E-state index contributed by atoms with van der Waals surface area (Å²) in [7, 11) is 0. The van der Waals surface area contributed by atoms with Crippen molar-refractivity contribution in [3.8, 4) is 0 Å². The Morgan fingerprint density at radius 2 is 1.95 bits per heavy atom. The maximum atomic E-state index is 5.44. The molecule has 4 N–H and O–H groups in total. The average molecular weight is 321 g/mol. The first-order valence-corrected chi connectivity index (χ1v) is 6.99. The van der Waals surface area contributed by atoms with Crippen molar-refractivity contribution in [3.63, 3.8) is 0 Å². The van der Waals surface area contributed by atoms with Crippen molar-refractivity contribution in [1.29, 1.82) is 0 Å². The van der Waals surface area contributed by atoms with Crippen LogP contribution in [0.15, 0.2) is 45.9 Å². The van der Waals surface area contributed by atoms with Gasteiger partial charge in [-0.3, -0.25) is 10.4 Å². The number of nitrogens with one attached hydrogen (secondary N) is 2. The van der Waals surface area contributed by atoms with Gasteiger partial charge in [-0.2, -0.15) is 0 Å². The Morgan fingerprint density at radius 1 is 1.21 bits per heavy atom. The summed E-state index contributed by atoms with van der Waals surface area (Å²) in [5.74, 6) is 6.03. The molecule has 0 aromatic heterocycles. The van der Waals surface area contributed by atoms with Crippen LogP contribution in [0.3, 0.4) is 0 Å². The van der Waals surface area contributed by atoms with E-state index in [0.717, 1.165) is 23.1 Å². The Hall–Kier alpha value is -1.59. The molecule has 0 heterocycles. The number of benzene rings is 2. The quantitative estimate of drug-likeness (QED) is 0.352. The summed E-state index contributed by atoms with van der Waals surface area (Å²) in [5, 5.41) is 5.53. The Labute approximate surface area is 121 Å². The average Bonchev–Trinajstić information content (AvgIpc) is 2.43. The van der Waals surface area contributed by atoms with Crippen LogP contribution in [0.1, 0.15) is 13.3 Å². The Bertz CT molecular complexity index is 595. The molecule has 0 saturated heterocycles. The standard InChI is InChI=1S/C14H17BrN4/c1-2-7-17-14(19-16)18-13-6-4-10-8-12(15)5-3-11(10)9-13/h3-6,8-9H,2,7,16H2,1H3,(H2,17,18,19). The predicted molar refractivity (Wildman–Crippen MR) is 85.2 cm³/mol. The number of nitrogens with zero attached hydrogens (tertiary/aromatic N) is 1. The van der Waals surface area contributed by atoms with Gasteiger partial charge in [-0.15, -0.1) is 0 Å². The zero-order chi connectivity index (χ0) is 13.7. The number of aliphatic imine (C=N–C) groups is 1. The van der Waals surface area contributed by atoms with Gasteiger partial charge < -0.3 is 5.32 Å². The number of hydrogen-bond donors (Lipinski definition) is 3. The predicted octanol–water partition coefficient (Wildman–Crippen LogP) is 3.24. The third-order valence-corrected chi connectivity index (χ3v) is 3.19. The molecule has 0 saturated carbocycles. The summed E-state index contributed by atoms with van der Waals surface area (Å²) in [6.07, 6.45) is 0.985. The number of rotatable bonds is 3. The van der Waals surface area contributed by atoms with Crippen LogP contribution in [0.5, 0.6) is 0 Å². The Kier molecular flexibility index (Phi) is 4.76. The molecule has 0 aliphatic carbocycles. The zero-order valence-electron chi connectivity index (χ0n) is 10.8. The topological polar surface area (TPSA) is 62.4 Å². The first-order chi connectivity index (χ1) is 9.22. The van der Waals surface area contributed by atoms with Crippen LogP contribution in [0.2, 0.25) is 0 Å². The van der Waals surface area contributed by atoms with Crippen LogP contribution < -0.4 is 16.6 Å². The third kappa shape index (κ3) is 3.68. The highest BCUT2D eigenvalue weighted by molar-refractivity contribution is 9.10. The van der Waals surface area contributed by atoms with Gasteiger partial charge in [0.15, 0.2) is 0 Å². The maximum absolute atomic E-state index is 5.44. The van der Waals surface area contributed by atoms with E-state index >= 15 is 0 Å². The van der Waals surface area contributed by atoms with Crippen molar-refractivity contribution in [3.05, 3.63) is 40.9 Å². The van der Waals surface area contributed by atoms with Gasteiger partial charge in [-0.25, -0.2) is 5.84 Å². The molecule has 0 radical (unpaired) electrons. The van der Waals surface area contributed by atoms with Crippen molar-refractivity contribution >= 4 is 38.3 Å². The third-order valence-electron chi connectivity index (χ3n) is 2.70. The number of nitrogens with two attached hydrogens (primary N) is 1. The summed E-state index contributed by atoms with van der Waals surface area (Å²) in [4.78, 5) is 4.31. The van der Waals surface area contributed by atoms with E-state index in [0.29, 0.717) is 5.96 Å². The monoisotopic (exact) mass is 320 g/mol. The van der Waals surface area contributed by atoms with Gasteiger partial charge in [0.1, 0.15) is 0 Å². The van der Waals surface area contributed by atoms with Gasteiger partial charge in [0.25, 0.3) is 0 Å². The van der Waals surface area contributed by atoms with Crippen molar-refractivity contribution in [1.82, 2.24) is 5.43 Å². The molecule has 0 amide bonds. The SMILES string of the molecule is CCCN=C(NN)Nc1ccc2cc(Br)ccc2c1. The van der Waals surface area contributed by atoms with Gasteiger partial charge in [0.05, 0.1) is 0 Å². The maximum Gasteiger partial charge on any atom is 0.210 e. The smallest absolute Gasteiger partial charge is 0.210 e. The molecule has 2 aromatic rings. The van der Waals surface area contributed by atoms with Gasteiger partial charge in [-0.1, -0.05) is 35.0 Å². The highest BCUT2D eigenvalue weighted by Gasteiger charge is 2.00. The molecule has 2 aromatic carbocycles.